The number of nitrogens with one attached hydrogen (secondary N) is 2. The van der Waals surface area contributed by atoms with E-state index in [1.165, 1.54) is 11.3 Å². The van der Waals surface area contributed by atoms with E-state index in [-0.39, 0.29) is 12.5 Å². The van der Waals surface area contributed by atoms with E-state index in [1.54, 1.807) is 47.8 Å². The summed E-state index contributed by atoms with van der Waals surface area (Å²) in [7, 11) is -1.96. The first-order chi connectivity index (χ1) is 15.4. The van der Waals surface area contributed by atoms with E-state index in [4.69, 9.17) is 4.74 Å². The van der Waals surface area contributed by atoms with Crippen LogP contribution in [0.2, 0.25) is 0 Å². The molecule has 2 heterocycles. The summed E-state index contributed by atoms with van der Waals surface area (Å²) in [5, 5.41) is 6.41. The first-order valence-electron chi connectivity index (χ1n) is 11.2. The van der Waals surface area contributed by atoms with Crippen molar-refractivity contribution in [2.24, 2.45) is 0 Å². The van der Waals surface area contributed by atoms with E-state index in [1.807, 2.05) is 0 Å². The van der Waals surface area contributed by atoms with Gasteiger partial charge in [-0.05, 0) is 62.6 Å². The van der Waals surface area contributed by atoms with Crippen LogP contribution in [0.5, 0.6) is 5.75 Å². The van der Waals surface area contributed by atoms with Gasteiger partial charge in [0, 0.05) is 29.6 Å². The zero-order chi connectivity index (χ0) is 23.0. The van der Waals surface area contributed by atoms with Crippen molar-refractivity contribution < 1.29 is 17.9 Å². The van der Waals surface area contributed by atoms with Gasteiger partial charge in [-0.2, -0.15) is 4.31 Å². The highest BCUT2D eigenvalue weighted by atomic mass is 32.2. The quantitative estimate of drug-likeness (QED) is 0.508. The summed E-state index contributed by atoms with van der Waals surface area (Å²) in [6, 6.07) is 10.7. The SMILES string of the molecule is CCCCNC1CCCN(S(=O)(=O)c2ccc(CNC(=O)c3cccc(OC)c3)s2)CC1. The van der Waals surface area contributed by atoms with Gasteiger partial charge in [0.1, 0.15) is 9.96 Å². The highest BCUT2D eigenvalue weighted by molar-refractivity contribution is 7.91. The number of ether oxygens (including phenoxy) is 1. The van der Waals surface area contributed by atoms with Gasteiger partial charge < -0.3 is 15.4 Å². The molecule has 7 nitrogen and oxygen atoms in total. The molecule has 1 aliphatic heterocycles. The lowest BCUT2D eigenvalue weighted by atomic mass is 10.1. The smallest absolute Gasteiger partial charge is 0.252 e. The van der Waals surface area contributed by atoms with Gasteiger partial charge in [0.05, 0.1) is 13.7 Å². The Labute approximate surface area is 195 Å². The van der Waals surface area contributed by atoms with Crippen LogP contribution in [0.4, 0.5) is 0 Å². The second-order valence-electron chi connectivity index (χ2n) is 7.97. The molecule has 2 aromatic rings. The summed E-state index contributed by atoms with van der Waals surface area (Å²) < 4.78 is 33.4. The van der Waals surface area contributed by atoms with Crippen LogP contribution in [-0.2, 0) is 16.6 Å². The number of sulfonamides is 1. The van der Waals surface area contributed by atoms with Gasteiger partial charge in [0.15, 0.2) is 0 Å². The number of hydrogen-bond acceptors (Lipinski definition) is 6. The van der Waals surface area contributed by atoms with Crippen molar-refractivity contribution >= 4 is 27.3 Å². The number of thiophene rings is 1. The molecule has 1 aliphatic rings. The highest BCUT2D eigenvalue weighted by Crippen LogP contribution is 2.27. The Morgan fingerprint density at radius 3 is 2.84 bits per heavy atom. The van der Waals surface area contributed by atoms with Crippen molar-refractivity contribution in [3.05, 3.63) is 46.8 Å². The molecule has 1 unspecified atom stereocenters. The monoisotopic (exact) mass is 479 g/mol. The molecular weight excluding hydrogens is 446 g/mol. The van der Waals surface area contributed by atoms with E-state index < -0.39 is 10.0 Å². The van der Waals surface area contributed by atoms with E-state index in [2.05, 4.69) is 17.6 Å². The van der Waals surface area contributed by atoms with Crippen molar-refractivity contribution in [3.8, 4) is 5.75 Å². The molecule has 0 aliphatic carbocycles. The van der Waals surface area contributed by atoms with E-state index in [0.29, 0.717) is 34.7 Å². The zero-order valence-corrected chi connectivity index (χ0v) is 20.4. The molecule has 3 rings (SSSR count). The van der Waals surface area contributed by atoms with Crippen LogP contribution >= 0.6 is 11.3 Å². The summed E-state index contributed by atoms with van der Waals surface area (Å²) in [6.07, 6.45) is 4.99. The van der Waals surface area contributed by atoms with E-state index >= 15 is 0 Å². The molecule has 0 bridgehead atoms. The molecule has 1 fully saturated rings. The van der Waals surface area contributed by atoms with Gasteiger partial charge >= 0.3 is 0 Å². The minimum absolute atomic E-state index is 0.226. The second kappa shape index (κ2) is 11.8. The minimum atomic E-state index is -3.52. The summed E-state index contributed by atoms with van der Waals surface area (Å²) in [6.45, 7) is 4.52. The average molecular weight is 480 g/mol. The number of rotatable bonds is 10. The van der Waals surface area contributed by atoms with Crippen LogP contribution in [0.15, 0.2) is 40.6 Å². The van der Waals surface area contributed by atoms with Gasteiger partial charge in [-0.15, -0.1) is 11.3 Å². The Morgan fingerprint density at radius 2 is 2.06 bits per heavy atom. The minimum Gasteiger partial charge on any atom is -0.497 e. The highest BCUT2D eigenvalue weighted by Gasteiger charge is 2.28. The van der Waals surface area contributed by atoms with Gasteiger partial charge in [-0.1, -0.05) is 19.4 Å². The predicted molar refractivity (Wildman–Crippen MR) is 128 cm³/mol. The molecule has 1 saturated heterocycles. The third-order valence-corrected chi connectivity index (χ3v) is 9.09. The topological polar surface area (TPSA) is 87.7 Å². The second-order valence-corrected chi connectivity index (χ2v) is 11.3. The molecule has 1 amide bonds. The van der Waals surface area contributed by atoms with Crippen molar-refractivity contribution in [3.63, 3.8) is 0 Å². The lowest BCUT2D eigenvalue weighted by molar-refractivity contribution is 0.0951. The maximum Gasteiger partial charge on any atom is 0.252 e. The van der Waals surface area contributed by atoms with Crippen LogP contribution in [0.25, 0.3) is 0 Å². The molecule has 0 radical (unpaired) electrons. The Bertz CT molecular complexity index is 991. The third-order valence-electron chi connectivity index (χ3n) is 5.64. The molecule has 1 aromatic heterocycles. The Morgan fingerprint density at radius 1 is 1.22 bits per heavy atom. The first kappa shape index (κ1) is 24.7. The number of nitrogens with zero attached hydrogens (tertiary/aromatic N) is 1. The molecule has 1 atom stereocenters. The third kappa shape index (κ3) is 6.54. The van der Waals surface area contributed by atoms with Crippen LogP contribution in [0, 0.1) is 0 Å². The summed E-state index contributed by atoms with van der Waals surface area (Å²) >= 11 is 1.22. The van der Waals surface area contributed by atoms with E-state index in [0.717, 1.165) is 43.5 Å². The Hall–Kier alpha value is -1.94. The van der Waals surface area contributed by atoms with Crippen molar-refractivity contribution in [1.29, 1.82) is 0 Å². The van der Waals surface area contributed by atoms with Crippen molar-refractivity contribution in [2.75, 3.05) is 26.7 Å². The number of hydrogen-bond donors (Lipinski definition) is 2. The van der Waals surface area contributed by atoms with Gasteiger partial charge in [0.25, 0.3) is 15.9 Å². The Kier molecular flexibility index (Phi) is 9.10. The fourth-order valence-corrected chi connectivity index (χ4v) is 6.69. The lowest BCUT2D eigenvalue weighted by Crippen LogP contribution is -2.34. The fourth-order valence-electron chi connectivity index (χ4n) is 3.75. The maximum atomic E-state index is 13.2. The van der Waals surface area contributed by atoms with Gasteiger partial charge in [0.2, 0.25) is 0 Å². The van der Waals surface area contributed by atoms with Gasteiger partial charge in [-0.3, -0.25) is 4.79 Å². The summed E-state index contributed by atoms with van der Waals surface area (Å²) in [5.74, 6) is 0.387. The maximum absolute atomic E-state index is 13.2. The molecule has 9 heteroatoms. The van der Waals surface area contributed by atoms with Crippen molar-refractivity contribution in [2.45, 2.75) is 55.8 Å². The summed E-state index contributed by atoms with van der Waals surface area (Å²) in [4.78, 5) is 13.2. The van der Waals surface area contributed by atoms with Crippen LogP contribution < -0.4 is 15.4 Å². The first-order valence-corrected chi connectivity index (χ1v) is 13.4. The summed E-state index contributed by atoms with van der Waals surface area (Å²) in [5.41, 5.74) is 0.500. The molecule has 2 N–H and O–H groups in total. The predicted octanol–water partition coefficient (Wildman–Crippen LogP) is 3.62. The molecular formula is C23H33N3O4S2. The van der Waals surface area contributed by atoms with Crippen LogP contribution in [-0.4, -0.2) is 51.4 Å². The largest absolute Gasteiger partial charge is 0.497 e. The number of benzene rings is 1. The van der Waals surface area contributed by atoms with Crippen LogP contribution in [0.3, 0.4) is 0 Å². The molecule has 0 saturated carbocycles. The fraction of sp³-hybridized carbons (Fsp3) is 0.522. The number of amides is 1. The van der Waals surface area contributed by atoms with Gasteiger partial charge in [-0.25, -0.2) is 8.42 Å². The average Bonchev–Trinajstić information content (AvgIpc) is 3.16. The van der Waals surface area contributed by atoms with Crippen LogP contribution in [0.1, 0.15) is 54.3 Å². The lowest BCUT2D eigenvalue weighted by Gasteiger charge is -2.19. The number of carbonyl (C=O) groups excluding carboxylic acids is 1. The molecule has 0 spiro atoms. The number of carbonyl (C=O) groups is 1. The molecule has 1 aromatic carbocycles. The Balaban J connectivity index is 1.57. The normalized spacial score (nSPS) is 17.6. The van der Waals surface area contributed by atoms with Crippen molar-refractivity contribution in [1.82, 2.24) is 14.9 Å². The number of unbranched alkanes of at least 4 members (excludes halogenated alkanes) is 1. The molecule has 176 valence electrons. The molecule has 32 heavy (non-hydrogen) atoms. The van der Waals surface area contributed by atoms with E-state index in [9.17, 15) is 13.2 Å². The standard InChI is InChI=1S/C23H33N3O4S2/c1-3-4-13-24-19-8-6-14-26(15-12-19)32(28,29)22-11-10-21(31-22)17-25-23(27)18-7-5-9-20(16-18)30-2/h5,7,9-11,16,19,24H,3-4,6,8,12-15,17H2,1-2H3,(H,25,27). The number of methoxy groups -OCH3 is 1. The zero-order valence-electron chi connectivity index (χ0n) is 18.8.